The van der Waals surface area contributed by atoms with Gasteiger partial charge in [-0.05, 0) is 43.7 Å². The van der Waals surface area contributed by atoms with Crippen molar-refractivity contribution in [3.63, 3.8) is 0 Å². The van der Waals surface area contributed by atoms with Gasteiger partial charge in [0.2, 0.25) is 0 Å². The van der Waals surface area contributed by atoms with Crippen molar-refractivity contribution in [2.75, 3.05) is 46.9 Å². The molecular formula is C21H34BrIN4O. The number of ether oxygens (including phenoxy) is 1. The molecule has 0 aromatic heterocycles. The van der Waals surface area contributed by atoms with E-state index in [0.29, 0.717) is 6.04 Å². The van der Waals surface area contributed by atoms with E-state index < -0.39 is 0 Å². The first-order chi connectivity index (χ1) is 13.2. The molecule has 2 aliphatic rings. The topological polar surface area (TPSA) is 48.9 Å². The van der Waals surface area contributed by atoms with Crippen LogP contribution in [0.4, 0.5) is 0 Å². The van der Waals surface area contributed by atoms with Crippen LogP contribution in [0.5, 0.6) is 0 Å². The number of piperidine rings is 1. The average molecular weight is 565 g/mol. The number of likely N-dealkylation sites (tertiary alicyclic amines) is 1. The standard InChI is InChI=1S/C21H33BrN4O.HI/c1-23-20(25-17-8-13-26(14-9-17)12-5-15-27-2)24-16-21(10-11-21)18-6-3-4-7-19(18)22;/h3-4,6-7,17H,5,8-16H2,1-2H3,(H2,23,24,25);1H. The molecule has 0 bridgehead atoms. The first kappa shape index (κ1) is 23.9. The Bertz CT molecular complexity index is 631. The fourth-order valence-electron chi connectivity index (χ4n) is 3.96. The first-order valence-electron chi connectivity index (χ1n) is 10.1. The van der Waals surface area contributed by atoms with Crippen molar-refractivity contribution in [1.29, 1.82) is 0 Å². The molecule has 1 saturated carbocycles. The Kier molecular flexibility index (Phi) is 10.00. The number of aliphatic imine (C=N–C) groups is 1. The Labute approximate surface area is 195 Å². The third kappa shape index (κ3) is 6.57. The summed E-state index contributed by atoms with van der Waals surface area (Å²) in [6.45, 7) is 5.24. The average Bonchev–Trinajstić information content (AvgIpc) is 3.48. The van der Waals surface area contributed by atoms with E-state index >= 15 is 0 Å². The molecule has 1 aromatic carbocycles. The van der Waals surface area contributed by atoms with Gasteiger partial charge in [0.05, 0.1) is 0 Å². The van der Waals surface area contributed by atoms with Crippen LogP contribution in [-0.4, -0.2) is 63.8 Å². The quantitative estimate of drug-likeness (QED) is 0.218. The molecule has 7 heteroatoms. The molecule has 2 N–H and O–H groups in total. The minimum atomic E-state index is 0. The highest BCUT2D eigenvalue weighted by atomic mass is 127. The van der Waals surface area contributed by atoms with E-state index in [1.165, 1.54) is 35.7 Å². The van der Waals surface area contributed by atoms with Crippen molar-refractivity contribution in [2.24, 2.45) is 4.99 Å². The van der Waals surface area contributed by atoms with Crippen molar-refractivity contribution < 1.29 is 4.74 Å². The van der Waals surface area contributed by atoms with Gasteiger partial charge < -0.3 is 20.3 Å². The summed E-state index contributed by atoms with van der Waals surface area (Å²) in [5, 5.41) is 7.22. The normalized spacial score (nSPS) is 19.8. The van der Waals surface area contributed by atoms with Gasteiger partial charge in [-0.25, -0.2) is 0 Å². The second-order valence-corrected chi connectivity index (χ2v) is 8.65. The predicted octanol–water partition coefficient (Wildman–Crippen LogP) is 3.76. The molecule has 1 aliphatic heterocycles. The van der Waals surface area contributed by atoms with Crippen LogP contribution in [0.1, 0.15) is 37.7 Å². The Morgan fingerprint density at radius 1 is 1.29 bits per heavy atom. The molecule has 1 saturated heterocycles. The van der Waals surface area contributed by atoms with Gasteiger partial charge in [-0.2, -0.15) is 0 Å². The summed E-state index contributed by atoms with van der Waals surface area (Å²) in [6, 6.07) is 9.11. The summed E-state index contributed by atoms with van der Waals surface area (Å²) in [4.78, 5) is 7.00. The minimum Gasteiger partial charge on any atom is -0.385 e. The molecule has 0 unspecified atom stereocenters. The van der Waals surface area contributed by atoms with Gasteiger partial charge in [0.25, 0.3) is 0 Å². The van der Waals surface area contributed by atoms with Gasteiger partial charge in [-0.3, -0.25) is 4.99 Å². The number of hydrogen-bond acceptors (Lipinski definition) is 3. The summed E-state index contributed by atoms with van der Waals surface area (Å²) in [5.41, 5.74) is 1.67. The van der Waals surface area contributed by atoms with Crippen LogP contribution in [0.3, 0.4) is 0 Å². The molecule has 1 heterocycles. The van der Waals surface area contributed by atoms with Crippen molar-refractivity contribution in [1.82, 2.24) is 15.5 Å². The third-order valence-corrected chi connectivity index (χ3v) is 6.56. The lowest BCUT2D eigenvalue weighted by molar-refractivity contribution is 0.155. The molecule has 0 radical (unpaired) electrons. The molecular weight excluding hydrogens is 531 g/mol. The summed E-state index contributed by atoms with van der Waals surface area (Å²) in [6.07, 6.45) is 5.93. The van der Waals surface area contributed by atoms with Crippen molar-refractivity contribution in [3.05, 3.63) is 34.3 Å². The lowest BCUT2D eigenvalue weighted by Crippen LogP contribution is -2.50. The zero-order valence-corrected chi connectivity index (χ0v) is 21.0. The van der Waals surface area contributed by atoms with Gasteiger partial charge in [-0.15, -0.1) is 24.0 Å². The number of halogens is 2. The number of benzene rings is 1. The molecule has 5 nitrogen and oxygen atoms in total. The molecule has 3 rings (SSSR count). The van der Waals surface area contributed by atoms with Crippen LogP contribution < -0.4 is 10.6 Å². The Balaban J connectivity index is 0.00000280. The molecule has 0 spiro atoms. The van der Waals surface area contributed by atoms with Crippen molar-refractivity contribution in [2.45, 2.75) is 43.6 Å². The van der Waals surface area contributed by atoms with Gasteiger partial charge >= 0.3 is 0 Å². The van der Waals surface area contributed by atoms with Crippen LogP contribution >= 0.6 is 39.9 Å². The number of methoxy groups -OCH3 is 1. The summed E-state index contributed by atoms with van der Waals surface area (Å²) in [5.74, 6) is 0.936. The molecule has 158 valence electrons. The number of nitrogens with zero attached hydrogens (tertiary/aromatic N) is 2. The minimum absolute atomic E-state index is 0. The fraction of sp³-hybridized carbons (Fsp3) is 0.667. The molecule has 0 amide bonds. The maximum atomic E-state index is 5.15. The van der Waals surface area contributed by atoms with E-state index in [1.807, 2.05) is 7.05 Å². The SMILES string of the molecule is CN=C(NCC1(c2ccccc2Br)CC1)NC1CCN(CCCOC)CC1.I. The largest absolute Gasteiger partial charge is 0.385 e. The Hall–Kier alpha value is -0.380. The highest BCUT2D eigenvalue weighted by molar-refractivity contribution is 14.0. The lowest BCUT2D eigenvalue weighted by atomic mass is 9.96. The lowest BCUT2D eigenvalue weighted by Gasteiger charge is -2.33. The van der Waals surface area contributed by atoms with E-state index in [0.717, 1.165) is 45.2 Å². The van der Waals surface area contributed by atoms with Crippen LogP contribution in [0, 0.1) is 0 Å². The second kappa shape index (κ2) is 11.7. The van der Waals surface area contributed by atoms with E-state index in [2.05, 4.69) is 60.7 Å². The summed E-state index contributed by atoms with van der Waals surface area (Å²) >= 11 is 3.72. The molecule has 28 heavy (non-hydrogen) atoms. The maximum Gasteiger partial charge on any atom is 0.191 e. The molecule has 0 atom stereocenters. The number of guanidine groups is 1. The third-order valence-electron chi connectivity index (χ3n) is 5.87. The number of nitrogens with one attached hydrogen (secondary N) is 2. The second-order valence-electron chi connectivity index (χ2n) is 7.79. The van der Waals surface area contributed by atoms with Gasteiger partial charge in [-0.1, -0.05) is 34.1 Å². The Morgan fingerprint density at radius 2 is 2.00 bits per heavy atom. The van der Waals surface area contributed by atoms with Gasteiger partial charge in [0.1, 0.15) is 0 Å². The summed E-state index contributed by atoms with van der Waals surface area (Å²) in [7, 11) is 3.64. The first-order valence-corrected chi connectivity index (χ1v) is 10.9. The highest BCUT2D eigenvalue weighted by Crippen LogP contribution is 2.49. The predicted molar refractivity (Wildman–Crippen MR) is 131 cm³/mol. The monoisotopic (exact) mass is 564 g/mol. The zero-order valence-electron chi connectivity index (χ0n) is 17.0. The van der Waals surface area contributed by atoms with E-state index in [-0.39, 0.29) is 29.4 Å². The number of rotatable bonds is 8. The fourth-order valence-corrected chi connectivity index (χ4v) is 4.66. The van der Waals surface area contributed by atoms with Crippen molar-refractivity contribution >= 4 is 45.9 Å². The van der Waals surface area contributed by atoms with Crippen LogP contribution in [0.2, 0.25) is 0 Å². The van der Waals surface area contributed by atoms with Crippen LogP contribution in [-0.2, 0) is 10.2 Å². The van der Waals surface area contributed by atoms with E-state index in [4.69, 9.17) is 4.74 Å². The smallest absolute Gasteiger partial charge is 0.191 e. The van der Waals surface area contributed by atoms with Gasteiger partial charge in [0, 0.05) is 62.9 Å². The van der Waals surface area contributed by atoms with Crippen LogP contribution in [0.15, 0.2) is 33.7 Å². The van der Waals surface area contributed by atoms with E-state index in [9.17, 15) is 0 Å². The zero-order chi connectivity index (χ0) is 19.1. The van der Waals surface area contributed by atoms with Crippen molar-refractivity contribution in [3.8, 4) is 0 Å². The van der Waals surface area contributed by atoms with Crippen LogP contribution in [0.25, 0.3) is 0 Å². The molecule has 1 aliphatic carbocycles. The Morgan fingerprint density at radius 3 is 2.61 bits per heavy atom. The molecule has 2 fully saturated rings. The van der Waals surface area contributed by atoms with E-state index in [1.54, 1.807) is 7.11 Å². The maximum absolute atomic E-state index is 5.15. The number of hydrogen-bond donors (Lipinski definition) is 2. The summed E-state index contributed by atoms with van der Waals surface area (Å²) < 4.78 is 6.37. The highest BCUT2D eigenvalue weighted by Gasteiger charge is 2.45. The van der Waals surface area contributed by atoms with Gasteiger partial charge in [0.15, 0.2) is 5.96 Å². The molecule has 1 aromatic rings.